The fourth-order valence-electron chi connectivity index (χ4n) is 10.5. The van der Waals surface area contributed by atoms with E-state index in [2.05, 4.69) is 46.5 Å². The van der Waals surface area contributed by atoms with Gasteiger partial charge in [-0.2, -0.15) is 0 Å². The molecule has 1 heterocycles. The molecule has 0 unspecified atom stereocenters. The average molecular weight is 521 g/mol. The van der Waals surface area contributed by atoms with Gasteiger partial charge < -0.3 is 4.74 Å². The maximum atomic E-state index is 6.46. The molecule has 0 radical (unpaired) electrons. The Labute approximate surface area is 231 Å². The van der Waals surface area contributed by atoms with E-state index in [0.29, 0.717) is 16.9 Å². The molecule has 4 saturated carbocycles. The van der Waals surface area contributed by atoms with Crippen LogP contribution in [0.1, 0.15) is 111 Å². The number of fused-ring (bicyclic) bond motifs is 6. The molecule has 0 amide bonds. The first-order chi connectivity index (χ1) is 17.7. The molecule has 37 heavy (non-hydrogen) atoms. The fourth-order valence-corrected chi connectivity index (χ4v) is 10.7. The van der Waals surface area contributed by atoms with E-state index in [1.54, 1.807) is 0 Å². The standard InChI is InChI=1S/C35H49ClO/c1-23(2)9-8-10-24(3)28-15-16-29-27-14-13-26-21-35(20-17-25-11-6-7-12-31(25)36)32(37-35)22-34(26,5)30(27)18-19-33(28,29)4/h6-7,11-12,23-24,26-30,32H,8-10,13-16,18-19,21-22H2,1-5H3/t24-,26+,27-,28-,29+,30+,32+,33-,34-,35-/m0/s1. The normalized spacial score (nSPS) is 44.6. The minimum absolute atomic E-state index is 0.205. The van der Waals surface area contributed by atoms with E-state index < -0.39 is 0 Å². The predicted molar refractivity (Wildman–Crippen MR) is 154 cm³/mol. The highest BCUT2D eigenvalue weighted by molar-refractivity contribution is 6.31. The number of hydrogen-bond acceptors (Lipinski definition) is 1. The van der Waals surface area contributed by atoms with Crippen molar-refractivity contribution in [3.63, 3.8) is 0 Å². The molecule has 202 valence electrons. The molecule has 5 fully saturated rings. The van der Waals surface area contributed by atoms with Gasteiger partial charge in [-0.25, -0.2) is 0 Å². The Morgan fingerprint density at radius 1 is 0.946 bits per heavy atom. The molecule has 1 nitrogen and oxygen atoms in total. The minimum atomic E-state index is -0.205. The lowest BCUT2D eigenvalue weighted by molar-refractivity contribution is -0.112. The molecule has 6 rings (SSSR count). The highest BCUT2D eigenvalue weighted by Crippen LogP contribution is 2.71. The molecule has 0 aromatic heterocycles. The monoisotopic (exact) mass is 520 g/mol. The Hall–Kier alpha value is -0.970. The molecule has 1 saturated heterocycles. The highest BCUT2D eigenvalue weighted by atomic mass is 35.5. The van der Waals surface area contributed by atoms with Crippen molar-refractivity contribution in [2.75, 3.05) is 0 Å². The Bertz CT molecular complexity index is 1070. The van der Waals surface area contributed by atoms with Gasteiger partial charge in [0.1, 0.15) is 6.10 Å². The Balaban J connectivity index is 1.15. The summed E-state index contributed by atoms with van der Waals surface area (Å²) >= 11 is 6.39. The number of hydrogen-bond donors (Lipinski definition) is 0. The van der Waals surface area contributed by atoms with Crippen LogP contribution in [0.25, 0.3) is 0 Å². The summed E-state index contributed by atoms with van der Waals surface area (Å²) in [6.45, 7) is 12.7. The lowest BCUT2D eigenvalue weighted by Gasteiger charge is -2.60. The topological polar surface area (TPSA) is 12.5 Å². The smallest absolute Gasteiger partial charge is 0.155 e. The van der Waals surface area contributed by atoms with E-state index in [1.165, 1.54) is 64.2 Å². The van der Waals surface area contributed by atoms with Crippen LogP contribution in [-0.4, -0.2) is 11.7 Å². The van der Waals surface area contributed by atoms with Gasteiger partial charge in [-0.1, -0.05) is 89.5 Å². The van der Waals surface area contributed by atoms with Gasteiger partial charge in [0.05, 0.1) is 5.02 Å². The molecular weight excluding hydrogens is 472 g/mol. The van der Waals surface area contributed by atoms with E-state index >= 15 is 0 Å². The van der Waals surface area contributed by atoms with Crippen molar-refractivity contribution in [3.8, 4) is 11.8 Å². The minimum Gasteiger partial charge on any atom is -0.352 e. The Kier molecular flexibility index (Phi) is 6.81. The summed E-state index contributed by atoms with van der Waals surface area (Å²) in [5.41, 5.74) is 1.74. The maximum Gasteiger partial charge on any atom is 0.155 e. The van der Waals surface area contributed by atoms with Crippen LogP contribution in [0.5, 0.6) is 0 Å². The first-order valence-electron chi connectivity index (χ1n) is 15.6. The van der Waals surface area contributed by atoms with Gasteiger partial charge in [0, 0.05) is 5.56 Å². The molecule has 10 atom stereocenters. The molecule has 1 aromatic carbocycles. The molecule has 0 N–H and O–H groups in total. The number of ether oxygens (including phenoxy) is 1. The zero-order valence-electron chi connectivity index (χ0n) is 24.0. The first-order valence-corrected chi connectivity index (χ1v) is 16.0. The zero-order chi connectivity index (χ0) is 26.0. The van der Waals surface area contributed by atoms with Gasteiger partial charge in [-0.05, 0) is 116 Å². The third-order valence-corrected chi connectivity index (χ3v) is 12.9. The second-order valence-corrected chi connectivity index (χ2v) is 15.2. The highest BCUT2D eigenvalue weighted by Gasteiger charge is 2.68. The van der Waals surface area contributed by atoms with Crippen molar-refractivity contribution in [1.82, 2.24) is 0 Å². The van der Waals surface area contributed by atoms with Crippen LogP contribution in [0.4, 0.5) is 0 Å². The van der Waals surface area contributed by atoms with E-state index in [4.69, 9.17) is 16.3 Å². The van der Waals surface area contributed by atoms with Gasteiger partial charge in [-0.3, -0.25) is 0 Å². The third kappa shape index (κ3) is 4.42. The lowest BCUT2D eigenvalue weighted by Crippen LogP contribution is -2.54. The summed E-state index contributed by atoms with van der Waals surface area (Å²) in [5.74, 6) is 13.2. The quantitative estimate of drug-likeness (QED) is 0.278. The summed E-state index contributed by atoms with van der Waals surface area (Å²) in [6, 6.07) is 7.96. The summed E-state index contributed by atoms with van der Waals surface area (Å²) in [6.07, 6.45) is 15.6. The largest absolute Gasteiger partial charge is 0.352 e. The van der Waals surface area contributed by atoms with Crippen molar-refractivity contribution in [2.24, 2.45) is 52.3 Å². The molecule has 5 aliphatic rings. The maximum absolute atomic E-state index is 6.46. The SMILES string of the molecule is CC(C)CCC[C@H](C)[C@@H]1CC[C@@H]2[C@@H]3CC[C@@H]4C[C@]5(C#Cc6ccccc6Cl)O[C@@H]5C[C@]4(C)[C@@H]3CC[C@]21C. The van der Waals surface area contributed by atoms with Crippen LogP contribution in [0.3, 0.4) is 0 Å². The number of halogens is 1. The summed E-state index contributed by atoms with van der Waals surface area (Å²) in [4.78, 5) is 0. The zero-order valence-corrected chi connectivity index (χ0v) is 24.7. The van der Waals surface area contributed by atoms with Crippen molar-refractivity contribution in [3.05, 3.63) is 34.9 Å². The fraction of sp³-hybridized carbons (Fsp3) is 0.771. The molecule has 4 aliphatic carbocycles. The van der Waals surface area contributed by atoms with Gasteiger partial charge in [0.15, 0.2) is 5.60 Å². The van der Waals surface area contributed by atoms with Gasteiger partial charge >= 0.3 is 0 Å². The van der Waals surface area contributed by atoms with Crippen LogP contribution in [0.2, 0.25) is 5.02 Å². The molecule has 1 aromatic rings. The van der Waals surface area contributed by atoms with E-state index in [-0.39, 0.29) is 5.60 Å². The van der Waals surface area contributed by atoms with Crippen LogP contribution in [-0.2, 0) is 4.74 Å². The summed E-state index contributed by atoms with van der Waals surface area (Å²) < 4.78 is 6.46. The Morgan fingerprint density at radius 2 is 1.73 bits per heavy atom. The predicted octanol–water partition coefficient (Wildman–Crippen LogP) is 9.56. The average Bonchev–Trinajstić information content (AvgIpc) is 3.41. The van der Waals surface area contributed by atoms with Crippen molar-refractivity contribution in [1.29, 1.82) is 0 Å². The van der Waals surface area contributed by atoms with Crippen LogP contribution >= 0.6 is 11.6 Å². The molecule has 1 aliphatic heterocycles. The van der Waals surface area contributed by atoms with Gasteiger partial charge in [-0.15, -0.1) is 0 Å². The second-order valence-electron chi connectivity index (χ2n) is 14.8. The summed E-state index contributed by atoms with van der Waals surface area (Å²) in [5, 5.41) is 0.749. The number of rotatable bonds is 5. The van der Waals surface area contributed by atoms with E-state index in [9.17, 15) is 0 Å². The van der Waals surface area contributed by atoms with Crippen LogP contribution in [0, 0.1) is 64.1 Å². The van der Waals surface area contributed by atoms with Crippen LogP contribution in [0.15, 0.2) is 24.3 Å². The lowest BCUT2D eigenvalue weighted by atomic mass is 9.44. The molecule has 0 spiro atoms. The van der Waals surface area contributed by atoms with Gasteiger partial charge in [0.2, 0.25) is 0 Å². The van der Waals surface area contributed by atoms with Crippen molar-refractivity contribution < 1.29 is 4.74 Å². The first kappa shape index (κ1) is 26.3. The van der Waals surface area contributed by atoms with Crippen molar-refractivity contribution in [2.45, 2.75) is 117 Å². The number of benzene rings is 1. The van der Waals surface area contributed by atoms with Gasteiger partial charge in [0.25, 0.3) is 0 Å². The van der Waals surface area contributed by atoms with E-state index in [1.807, 2.05) is 24.3 Å². The summed E-state index contributed by atoms with van der Waals surface area (Å²) in [7, 11) is 0. The van der Waals surface area contributed by atoms with Crippen LogP contribution < -0.4 is 0 Å². The van der Waals surface area contributed by atoms with Crippen molar-refractivity contribution >= 4 is 11.6 Å². The van der Waals surface area contributed by atoms with E-state index in [0.717, 1.165) is 58.4 Å². The molecular formula is C35H49ClO. The number of epoxide rings is 1. The Morgan fingerprint density at radius 3 is 2.51 bits per heavy atom. The third-order valence-electron chi connectivity index (χ3n) is 12.5. The molecule has 0 bridgehead atoms. The molecule has 2 heteroatoms. The second kappa shape index (κ2) is 9.59.